The van der Waals surface area contributed by atoms with Gasteiger partial charge in [0, 0.05) is 18.1 Å². The Bertz CT molecular complexity index is 418. The summed E-state index contributed by atoms with van der Waals surface area (Å²) in [5, 5.41) is 4.93. The van der Waals surface area contributed by atoms with Crippen LogP contribution in [0.25, 0.3) is 0 Å². The van der Waals surface area contributed by atoms with Crippen molar-refractivity contribution in [3.05, 3.63) is 34.9 Å². The molecule has 0 saturated heterocycles. The second kappa shape index (κ2) is 5.23. The molecule has 0 spiro atoms. The molecule has 1 aromatic rings. The largest absolute Gasteiger partial charge is 0.360 e. The summed E-state index contributed by atoms with van der Waals surface area (Å²) in [6.45, 7) is 2.13. The number of rotatable bonds is 3. The fourth-order valence-corrected chi connectivity index (χ4v) is 2.19. The Hall–Kier alpha value is -0.800. The van der Waals surface area contributed by atoms with Crippen molar-refractivity contribution in [2.24, 2.45) is 0 Å². The summed E-state index contributed by atoms with van der Waals surface area (Å²) in [5.41, 5.74) is 1.18. The highest BCUT2D eigenvalue weighted by molar-refractivity contribution is 7.80. The highest BCUT2D eigenvalue weighted by Gasteiger charge is 2.24. The minimum absolute atomic E-state index is 0.229. The molecule has 1 fully saturated rings. The second-order valence-corrected chi connectivity index (χ2v) is 5.39. The van der Waals surface area contributed by atoms with E-state index in [-0.39, 0.29) is 6.04 Å². The molecule has 1 N–H and O–H groups in total. The molecule has 0 bridgehead atoms. The molecule has 4 heteroatoms. The molecular formula is C13H17ClN2S. The molecule has 1 aliphatic rings. The molecule has 0 amide bonds. The molecule has 1 unspecified atom stereocenters. The van der Waals surface area contributed by atoms with E-state index in [4.69, 9.17) is 23.8 Å². The lowest BCUT2D eigenvalue weighted by Crippen LogP contribution is -2.39. The molecule has 1 aromatic carbocycles. The van der Waals surface area contributed by atoms with E-state index in [1.165, 1.54) is 18.4 Å². The maximum atomic E-state index is 6.00. The van der Waals surface area contributed by atoms with Crippen molar-refractivity contribution in [3.8, 4) is 0 Å². The van der Waals surface area contributed by atoms with Gasteiger partial charge in [-0.1, -0.05) is 23.7 Å². The lowest BCUT2D eigenvalue weighted by Gasteiger charge is -2.28. The van der Waals surface area contributed by atoms with E-state index in [9.17, 15) is 0 Å². The molecule has 1 aliphatic carbocycles. The summed E-state index contributed by atoms with van der Waals surface area (Å²) in [6, 6.07) is 8.75. The molecular weight excluding hydrogens is 252 g/mol. The van der Waals surface area contributed by atoms with Gasteiger partial charge in [0.15, 0.2) is 5.11 Å². The first-order valence-corrected chi connectivity index (χ1v) is 6.65. The van der Waals surface area contributed by atoms with Crippen molar-refractivity contribution < 1.29 is 0 Å². The van der Waals surface area contributed by atoms with Crippen LogP contribution in [0.15, 0.2) is 24.3 Å². The molecule has 0 aromatic heterocycles. The van der Waals surface area contributed by atoms with Crippen LogP contribution in [0.1, 0.15) is 31.4 Å². The van der Waals surface area contributed by atoms with E-state index in [1.54, 1.807) is 0 Å². The van der Waals surface area contributed by atoms with Gasteiger partial charge < -0.3 is 10.2 Å². The minimum atomic E-state index is 0.229. The van der Waals surface area contributed by atoms with Crippen molar-refractivity contribution in [2.45, 2.75) is 31.8 Å². The van der Waals surface area contributed by atoms with Gasteiger partial charge in [-0.3, -0.25) is 0 Å². The predicted molar refractivity (Wildman–Crippen MR) is 76.4 cm³/mol. The van der Waals surface area contributed by atoms with Crippen LogP contribution in [0.2, 0.25) is 5.02 Å². The van der Waals surface area contributed by atoms with Crippen molar-refractivity contribution >= 4 is 28.9 Å². The summed E-state index contributed by atoms with van der Waals surface area (Å²) in [4.78, 5) is 2.08. The zero-order valence-electron chi connectivity index (χ0n) is 10.1. The van der Waals surface area contributed by atoms with Crippen molar-refractivity contribution in [1.82, 2.24) is 10.2 Å². The zero-order chi connectivity index (χ0) is 12.4. The van der Waals surface area contributed by atoms with E-state index in [2.05, 4.69) is 23.2 Å². The molecule has 2 rings (SSSR count). The van der Waals surface area contributed by atoms with Crippen molar-refractivity contribution in [3.63, 3.8) is 0 Å². The first-order chi connectivity index (χ1) is 8.08. The Kier molecular flexibility index (Phi) is 3.89. The van der Waals surface area contributed by atoms with E-state index < -0.39 is 0 Å². The van der Waals surface area contributed by atoms with Crippen LogP contribution in [0, 0.1) is 0 Å². The maximum Gasteiger partial charge on any atom is 0.169 e. The minimum Gasteiger partial charge on any atom is -0.360 e. The number of benzene rings is 1. The molecule has 0 heterocycles. The van der Waals surface area contributed by atoms with Crippen molar-refractivity contribution in [2.75, 3.05) is 7.05 Å². The summed E-state index contributed by atoms with van der Waals surface area (Å²) in [6.07, 6.45) is 2.47. The van der Waals surface area contributed by atoms with Gasteiger partial charge in [-0.25, -0.2) is 0 Å². The van der Waals surface area contributed by atoms with Crippen LogP contribution in [0.3, 0.4) is 0 Å². The third kappa shape index (κ3) is 3.33. The molecule has 92 valence electrons. The highest BCUT2D eigenvalue weighted by atomic mass is 35.5. The van der Waals surface area contributed by atoms with Crippen LogP contribution in [0.5, 0.6) is 0 Å². The Morgan fingerprint density at radius 2 is 2.24 bits per heavy atom. The maximum absolute atomic E-state index is 6.00. The lowest BCUT2D eigenvalue weighted by molar-refractivity contribution is 0.395. The number of hydrogen-bond acceptors (Lipinski definition) is 1. The number of nitrogens with zero attached hydrogens (tertiary/aromatic N) is 1. The average molecular weight is 269 g/mol. The quantitative estimate of drug-likeness (QED) is 0.847. The van der Waals surface area contributed by atoms with Crippen LogP contribution in [-0.4, -0.2) is 23.1 Å². The first-order valence-electron chi connectivity index (χ1n) is 5.86. The van der Waals surface area contributed by atoms with Gasteiger partial charge in [-0.15, -0.1) is 0 Å². The number of halogens is 1. The number of thiocarbonyl (C=S) groups is 1. The van der Waals surface area contributed by atoms with Crippen LogP contribution < -0.4 is 5.32 Å². The third-order valence-corrected chi connectivity index (χ3v) is 3.78. The van der Waals surface area contributed by atoms with Crippen LogP contribution in [-0.2, 0) is 0 Å². The normalized spacial score (nSPS) is 16.4. The predicted octanol–water partition coefficient (Wildman–Crippen LogP) is 3.37. The Labute approximate surface area is 113 Å². The smallest absolute Gasteiger partial charge is 0.169 e. The zero-order valence-corrected chi connectivity index (χ0v) is 11.7. The SMILES string of the molecule is CC(c1cccc(Cl)c1)N(C)C(=S)NC1CC1. The summed E-state index contributed by atoms with van der Waals surface area (Å²) in [5.74, 6) is 0. The fraction of sp³-hybridized carbons (Fsp3) is 0.462. The van der Waals surface area contributed by atoms with Gasteiger partial charge in [0.2, 0.25) is 0 Å². The van der Waals surface area contributed by atoms with Gasteiger partial charge in [-0.2, -0.15) is 0 Å². The standard InChI is InChI=1S/C13H17ClN2S/c1-9(10-4-3-5-11(14)8-10)16(2)13(17)15-12-6-7-12/h3-5,8-9,12H,6-7H2,1-2H3,(H,15,17). The van der Waals surface area contributed by atoms with Gasteiger partial charge in [0.1, 0.15) is 0 Å². The molecule has 1 saturated carbocycles. The number of hydrogen-bond donors (Lipinski definition) is 1. The van der Waals surface area contributed by atoms with Crippen molar-refractivity contribution in [1.29, 1.82) is 0 Å². The van der Waals surface area contributed by atoms with Gasteiger partial charge in [0.25, 0.3) is 0 Å². The topological polar surface area (TPSA) is 15.3 Å². The van der Waals surface area contributed by atoms with E-state index in [0.717, 1.165) is 10.1 Å². The molecule has 0 radical (unpaired) electrons. The summed E-state index contributed by atoms with van der Waals surface area (Å²) >= 11 is 11.4. The first kappa shape index (κ1) is 12.7. The molecule has 2 nitrogen and oxygen atoms in total. The Morgan fingerprint density at radius 1 is 1.53 bits per heavy atom. The van der Waals surface area contributed by atoms with Crippen LogP contribution >= 0.6 is 23.8 Å². The molecule has 0 aliphatic heterocycles. The number of nitrogens with one attached hydrogen (secondary N) is 1. The fourth-order valence-electron chi connectivity index (χ4n) is 1.67. The summed E-state index contributed by atoms with van der Waals surface area (Å²) in [7, 11) is 2.02. The molecule has 17 heavy (non-hydrogen) atoms. The van der Waals surface area contributed by atoms with Gasteiger partial charge >= 0.3 is 0 Å². The monoisotopic (exact) mass is 268 g/mol. The van der Waals surface area contributed by atoms with E-state index >= 15 is 0 Å². The highest BCUT2D eigenvalue weighted by Crippen LogP contribution is 2.23. The van der Waals surface area contributed by atoms with E-state index in [0.29, 0.717) is 6.04 Å². The van der Waals surface area contributed by atoms with E-state index in [1.807, 2.05) is 25.2 Å². The van der Waals surface area contributed by atoms with Gasteiger partial charge in [-0.05, 0) is 49.7 Å². The van der Waals surface area contributed by atoms with Crippen LogP contribution in [0.4, 0.5) is 0 Å². The Balaban J connectivity index is 2.02. The second-order valence-electron chi connectivity index (χ2n) is 4.57. The Morgan fingerprint density at radius 3 is 2.82 bits per heavy atom. The third-order valence-electron chi connectivity index (χ3n) is 3.14. The summed E-state index contributed by atoms with van der Waals surface area (Å²) < 4.78 is 0. The molecule has 1 atom stereocenters. The average Bonchev–Trinajstić information content (AvgIpc) is 3.11. The van der Waals surface area contributed by atoms with Gasteiger partial charge in [0.05, 0.1) is 6.04 Å². The lowest BCUT2D eigenvalue weighted by atomic mass is 10.1.